The molecule has 1 atom stereocenters. The zero-order chi connectivity index (χ0) is 13.8. The molecule has 1 unspecified atom stereocenters. The van der Waals surface area contributed by atoms with Gasteiger partial charge in [0.25, 0.3) is 0 Å². The number of nitrogens with two attached hydrogens (primary N) is 1. The van der Waals surface area contributed by atoms with Gasteiger partial charge in [0.1, 0.15) is 5.75 Å². The number of anilines is 1. The topological polar surface area (TPSA) is 76.4 Å². The monoisotopic (exact) mass is 279 g/mol. The number of hydrogen-bond acceptors (Lipinski definition) is 3. The first-order chi connectivity index (χ1) is 9.10. The number of nitrogens with one attached hydrogen (secondary N) is 2. The Labute approximate surface area is 117 Å². The number of ether oxygens (including phenoxy) is 1. The maximum Gasteiger partial charge on any atom is 0.319 e. The minimum atomic E-state index is -0.296. The molecular formula is C13H17N3O2S. The second kappa shape index (κ2) is 5.88. The van der Waals surface area contributed by atoms with E-state index in [-0.39, 0.29) is 12.1 Å². The van der Waals surface area contributed by atoms with Crippen LogP contribution in [0.2, 0.25) is 0 Å². The molecule has 0 bridgehead atoms. The van der Waals surface area contributed by atoms with Crippen molar-refractivity contribution in [2.24, 2.45) is 11.7 Å². The molecule has 0 aromatic heterocycles. The molecule has 0 aliphatic heterocycles. The van der Waals surface area contributed by atoms with Gasteiger partial charge in [0.15, 0.2) is 0 Å². The molecule has 19 heavy (non-hydrogen) atoms. The molecule has 5 nitrogen and oxygen atoms in total. The number of methoxy groups -OCH3 is 1. The molecule has 1 aliphatic carbocycles. The van der Waals surface area contributed by atoms with E-state index in [2.05, 4.69) is 10.6 Å². The average molecular weight is 279 g/mol. The normalized spacial score (nSPS) is 15.4. The summed E-state index contributed by atoms with van der Waals surface area (Å²) in [6.45, 7) is 0. The van der Waals surface area contributed by atoms with Crippen LogP contribution in [0.15, 0.2) is 24.3 Å². The molecule has 2 rings (SSSR count). The van der Waals surface area contributed by atoms with Crippen LogP contribution in [0, 0.1) is 5.92 Å². The Morgan fingerprint density at radius 2 is 2.05 bits per heavy atom. The number of thiocarbonyl (C=S) groups is 1. The molecule has 0 radical (unpaired) electrons. The summed E-state index contributed by atoms with van der Waals surface area (Å²) in [5.41, 5.74) is 6.32. The highest BCUT2D eigenvalue weighted by atomic mass is 32.1. The van der Waals surface area contributed by atoms with Crippen LogP contribution < -0.4 is 21.1 Å². The minimum Gasteiger partial charge on any atom is -0.497 e. The molecule has 0 heterocycles. The second-order valence-corrected chi connectivity index (χ2v) is 5.02. The summed E-state index contributed by atoms with van der Waals surface area (Å²) in [5, 5.41) is 5.55. The number of hydrogen-bond donors (Lipinski definition) is 3. The lowest BCUT2D eigenvalue weighted by molar-refractivity contribution is 0.250. The number of urea groups is 1. The van der Waals surface area contributed by atoms with Crippen LogP contribution in [0.3, 0.4) is 0 Å². The fourth-order valence-electron chi connectivity index (χ4n) is 1.83. The van der Waals surface area contributed by atoms with Gasteiger partial charge in [-0.3, -0.25) is 0 Å². The van der Waals surface area contributed by atoms with Crippen molar-refractivity contribution in [3.8, 4) is 5.75 Å². The first kappa shape index (κ1) is 13.6. The lowest BCUT2D eigenvalue weighted by Gasteiger charge is -2.17. The summed E-state index contributed by atoms with van der Waals surface area (Å²) in [7, 11) is 1.59. The summed E-state index contributed by atoms with van der Waals surface area (Å²) < 4.78 is 5.05. The largest absolute Gasteiger partial charge is 0.497 e. The molecule has 6 heteroatoms. The van der Waals surface area contributed by atoms with Gasteiger partial charge in [-0.2, -0.15) is 0 Å². The van der Waals surface area contributed by atoms with E-state index in [9.17, 15) is 4.79 Å². The molecule has 0 spiro atoms. The van der Waals surface area contributed by atoms with Gasteiger partial charge in [0.05, 0.1) is 18.1 Å². The molecule has 1 aliphatic rings. The predicted molar refractivity (Wildman–Crippen MR) is 78.4 cm³/mol. The maximum absolute atomic E-state index is 11.8. The molecule has 1 aromatic rings. The summed E-state index contributed by atoms with van der Waals surface area (Å²) in [4.78, 5) is 12.2. The van der Waals surface area contributed by atoms with Crippen molar-refractivity contribution in [3.05, 3.63) is 24.3 Å². The first-order valence-corrected chi connectivity index (χ1v) is 6.52. The molecule has 102 valence electrons. The standard InChI is InChI=1S/C13H17N3O2S/c1-18-10-6-4-9(5-7-10)15-13(17)16-11(12(14)19)8-2-3-8/h4-8,11H,2-3H2,1H3,(H2,14,19)(H2,15,16,17). The van der Waals surface area contributed by atoms with Gasteiger partial charge in [-0.1, -0.05) is 12.2 Å². The Morgan fingerprint density at radius 3 is 2.53 bits per heavy atom. The van der Waals surface area contributed by atoms with Gasteiger partial charge < -0.3 is 21.1 Å². The number of rotatable bonds is 5. The third kappa shape index (κ3) is 3.82. The van der Waals surface area contributed by atoms with Crippen molar-refractivity contribution in [2.75, 3.05) is 12.4 Å². The number of amides is 2. The Kier molecular flexibility index (Phi) is 4.21. The van der Waals surface area contributed by atoms with Gasteiger partial charge in [0.2, 0.25) is 0 Å². The van der Waals surface area contributed by atoms with Crippen molar-refractivity contribution >= 4 is 28.9 Å². The smallest absolute Gasteiger partial charge is 0.319 e. The summed E-state index contributed by atoms with van der Waals surface area (Å²) in [5.74, 6) is 1.13. The Balaban J connectivity index is 1.90. The molecule has 4 N–H and O–H groups in total. The van der Waals surface area contributed by atoms with Crippen LogP contribution in [0.1, 0.15) is 12.8 Å². The van der Waals surface area contributed by atoms with Crippen molar-refractivity contribution in [1.29, 1.82) is 0 Å². The lowest BCUT2D eigenvalue weighted by Crippen LogP contribution is -2.46. The van der Waals surface area contributed by atoms with Crippen LogP contribution >= 0.6 is 12.2 Å². The number of benzene rings is 1. The van der Waals surface area contributed by atoms with E-state index in [0.29, 0.717) is 16.6 Å². The van der Waals surface area contributed by atoms with Crippen LogP contribution in [-0.4, -0.2) is 24.2 Å². The second-order valence-electron chi connectivity index (χ2n) is 4.54. The SMILES string of the molecule is COc1ccc(NC(=O)NC(C(N)=S)C2CC2)cc1. The van der Waals surface area contributed by atoms with Crippen LogP contribution in [0.4, 0.5) is 10.5 Å². The van der Waals surface area contributed by atoms with Crippen LogP contribution in [-0.2, 0) is 0 Å². The lowest BCUT2D eigenvalue weighted by atomic mass is 10.2. The van der Waals surface area contributed by atoms with E-state index in [1.807, 2.05) is 0 Å². The molecular weight excluding hydrogens is 262 g/mol. The van der Waals surface area contributed by atoms with Gasteiger partial charge >= 0.3 is 6.03 Å². The Hall–Kier alpha value is -1.82. The summed E-state index contributed by atoms with van der Waals surface area (Å²) >= 11 is 4.97. The minimum absolute atomic E-state index is 0.215. The summed E-state index contributed by atoms with van der Waals surface area (Å²) in [6, 6.07) is 6.59. The fraction of sp³-hybridized carbons (Fsp3) is 0.385. The van der Waals surface area contributed by atoms with E-state index < -0.39 is 0 Å². The van der Waals surface area contributed by atoms with E-state index in [1.54, 1.807) is 31.4 Å². The Morgan fingerprint density at radius 1 is 1.42 bits per heavy atom. The highest BCUT2D eigenvalue weighted by molar-refractivity contribution is 7.80. The zero-order valence-electron chi connectivity index (χ0n) is 10.7. The van der Waals surface area contributed by atoms with Crippen molar-refractivity contribution < 1.29 is 9.53 Å². The molecule has 1 fully saturated rings. The van der Waals surface area contributed by atoms with Crippen molar-refractivity contribution in [3.63, 3.8) is 0 Å². The quantitative estimate of drug-likeness (QED) is 0.719. The third-order valence-corrected chi connectivity index (χ3v) is 3.29. The highest BCUT2D eigenvalue weighted by Crippen LogP contribution is 2.32. The van der Waals surface area contributed by atoms with Crippen LogP contribution in [0.25, 0.3) is 0 Å². The third-order valence-electron chi connectivity index (χ3n) is 3.03. The van der Waals surface area contributed by atoms with Crippen molar-refractivity contribution in [2.45, 2.75) is 18.9 Å². The molecule has 1 aromatic carbocycles. The van der Waals surface area contributed by atoms with Crippen LogP contribution in [0.5, 0.6) is 5.75 Å². The average Bonchev–Trinajstić information content (AvgIpc) is 3.21. The van der Waals surface area contributed by atoms with Crippen molar-refractivity contribution in [1.82, 2.24) is 5.32 Å². The van der Waals surface area contributed by atoms with E-state index in [0.717, 1.165) is 18.6 Å². The van der Waals surface area contributed by atoms with Gasteiger partial charge in [-0.25, -0.2) is 4.79 Å². The van der Waals surface area contributed by atoms with Gasteiger partial charge in [0, 0.05) is 5.69 Å². The van der Waals surface area contributed by atoms with E-state index in [4.69, 9.17) is 22.7 Å². The van der Waals surface area contributed by atoms with E-state index >= 15 is 0 Å². The number of carbonyl (C=O) groups is 1. The molecule has 0 saturated heterocycles. The molecule has 2 amide bonds. The first-order valence-electron chi connectivity index (χ1n) is 6.11. The summed E-state index contributed by atoms with van der Waals surface area (Å²) in [6.07, 6.45) is 2.12. The number of carbonyl (C=O) groups excluding carboxylic acids is 1. The Bertz CT molecular complexity index is 471. The highest BCUT2D eigenvalue weighted by Gasteiger charge is 2.34. The van der Waals surface area contributed by atoms with Gasteiger partial charge in [-0.05, 0) is 43.0 Å². The van der Waals surface area contributed by atoms with Gasteiger partial charge in [-0.15, -0.1) is 0 Å². The maximum atomic E-state index is 11.8. The fourth-order valence-corrected chi connectivity index (χ4v) is 2.08. The van der Waals surface area contributed by atoms with E-state index in [1.165, 1.54) is 0 Å². The molecule has 1 saturated carbocycles. The zero-order valence-corrected chi connectivity index (χ0v) is 11.5. The predicted octanol–water partition coefficient (Wildman–Crippen LogP) is 1.88.